The van der Waals surface area contributed by atoms with E-state index in [-0.39, 0.29) is 0 Å². The molecule has 3 rings (SSSR count). The summed E-state index contributed by atoms with van der Waals surface area (Å²) in [6.07, 6.45) is 2.87. The van der Waals surface area contributed by atoms with Crippen molar-refractivity contribution >= 4 is 10.9 Å². The Hall–Kier alpha value is -2.13. The molecule has 3 heteroatoms. The number of hydrogen-bond acceptors (Lipinski definition) is 2. The molecule has 2 N–H and O–H groups in total. The number of rotatable bonds is 5. The third-order valence-corrected chi connectivity index (χ3v) is 3.86. The minimum atomic E-state index is 0.821. The maximum atomic E-state index is 4.32. The lowest BCUT2D eigenvalue weighted by molar-refractivity contribution is 0.675. The van der Waals surface area contributed by atoms with E-state index in [0.29, 0.717) is 0 Å². The first-order valence-corrected chi connectivity index (χ1v) is 7.42. The van der Waals surface area contributed by atoms with Crippen molar-refractivity contribution in [3.05, 3.63) is 65.1 Å². The van der Waals surface area contributed by atoms with E-state index in [1.807, 2.05) is 24.4 Å². The molecule has 0 bridgehead atoms. The molecule has 2 heterocycles. The molecule has 0 saturated carbocycles. The Morgan fingerprint density at radius 2 is 2.05 bits per heavy atom. The number of pyridine rings is 1. The second-order valence-electron chi connectivity index (χ2n) is 5.53. The summed E-state index contributed by atoms with van der Waals surface area (Å²) >= 11 is 0. The smallest absolute Gasteiger partial charge is 0.0541 e. The van der Waals surface area contributed by atoms with Crippen molar-refractivity contribution in [1.82, 2.24) is 15.3 Å². The second kappa shape index (κ2) is 6.10. The van der Waals surface area contributed by atoms with E-state index in [2.05, 4.69) is 47.3 Å². The average Bonchev–Trinajstić information content (AvgIpc) is 2.80. The van der Waals surface area contributed by atoms with Crippen LogP contribution in [-0.2, 0) is 13.0 Å². The van der Waals surface area contributed by atoms with Gasteiger partial charge >= 0.3 is 0 Å². The quantitative estimate of drug-likeness (QED) is 0.702. The van der Waals surface area contributed by atoms with Crippen LogP contribution < -0.4 is 5.32 Å². The summed E-state index contributed by atoms with van der Waals surface area (Å²) < 4.78 is 0. The largest absolute Gasteiger partial charge is 0.358 e. The van der Waals surface area contributed by atoms with Crippen LogP contribution >= 0.6 is 0 Å². The van der Waals surface area contributed by atoms with Gasteiger partial charge in [0.15, 0.2) is 0 Å². The fraction of sp³-hybridized carbons (Fsp3) is 0.278. The van der Waals surface area contributed by atoms with Crippen LogP contribution in [0.15, 0.2) is 42.6 Å². The van der Waals surface area contributed by atoms with E-state index in [4.69, 9.17) is 0 Å². The van der Waals surface area contributed by atoms with Gasteiger partial charge in [-0.2, -0.15) is 0 Å². The number of hydrogen-bond donors (Lipinski definition) is 2. The molecule has 3 aromatic rings. The minimum absolute atomic E-state index is 0.821. The number of aromatic amines is 1. The van der Waals surface area contributed by atoms with Gasteiger partial charge in [-0.25, -0.2) is 0 Å². The van der Waals surface area contributed by atoms with Gasteiger partial charge in [0.25, 0.3) is 0 Å². The predicted molar refractivity (Wildman–Crippen MR) is 87.4 cm³/mol. The first-order chi connectivity index (χ1) is 10.2. The summed E-state index contributed by atoms with van der Waals surface area (Å²) in [5.74, 6) is 0. The van der Waals surface area contributed by atoms with Crippen LogP contribution in [0, 0.1) is 13.8 Å². The molecule has 0 aliphatic carbocycles. The van der Waals surface area contributed by atoms with Crippen molar-refractivity contribution in [2.24, 2.45) is 0 Å². The summed E-state index contributed by atoms with van der Waals surface area (Å²) in [6.45, 7) is 6.08. The SMILES string of the molecule is Cc1ccc2[nH]c(C)c(CCNCc3ccccn3)c2c1. The summed E-state index contributed by atoms with van der Waals surface area (Å²) in [6, 6.07) is 12.6. The molecule has 3 nitrogen and oxygen atoms in total. The van der Waals surface area contributed by atoms with E-state index in [1.54, 1.807) is 0 Å². The zero-order valence-corrected chi connectivity index (χ0v) is 12.6. The number of aryl methyl sites for hydroxylation is 2. The van der Waals surface area contributed by atoms with Gasteiger partial charge in [0, 0.05) is 29.3 Å². The Morgan fingerprint density at radius 3 is 2.86 bits per heavy atom. The monoisotopic (exact) mass is 279 g/mol. The first kappa shape index (κ1) is 13.8. The van der Waals surface area contributed by atoms with E-state index in [9.17, 15) is 0 Å². The molecule has 0 fully saturated rings. The van der Waals surface area contributed by atoms with Gasteiger partial charge in [-0.3, -0.25) is 4.98 Å². The second-order valence-corrected chi connectivity index (χ2v) is 5.53. The first-order valence-electron chi connectivity index (χ1n) is 7.42. The van der Waals surface area contributed by atoms with Crippen LogP contribution in [0.1, 0.15) is 22.5 Å². The van der Waals surface area contributed by atoms with Crippen LogP contribution in [0.5, 0.6) is 0 Å². The molecule has 108 valence electrons. The normalized spacial score (nSPS) is 11.1. The Morgan fingerprint density at radius 1 is 1.14 bits per heavy atom. The van der Waals surface area contributed by atoms with Crippen molar-refractivity contribution in [1.29, 1.82) is 0 Å². The van der Waals surface area contributed by atoms with Gasteiger partial charge in [0.05, 0.1) is 5.69 Å². The topological polar surface area (TPSA) is 40.7 Å². The van der Waals surface area contributed by atoms with Crippen LogP contribution in [0.3, 0.4) is 0 Å². The third-order valence-electron chi connectivity index (χ3n) is 3.86. The zero-order valence-electron chi connectivity index (χ0n) is 12.6. The average molecular weight is 279 g/mol. The van der Waals surface area contributed by atoms with Crippen molar-refractivity contribution in [2.45, 2.75) is 26.8 Å². The Balaban J connectivity index is 1.65. The van der Waals surface area contributed by atoms with Crippen molar-refractivity contribution < 1.29 is 0 Å². The number of nitrogens with zero attached hydrogens (tertiary/aromatic N) is 1. The third kappa shape index (κ3) is 3.14. The summed E-state index contributed by atoms with van der Waals surface area (Å²) in [5, 5.41) is 4.82. The molecule has 1 aromatic carbocycles. The molecule has 0 aliphatic heterocycles. The maximum Gasteiger partial charge on any atom is 0.0541 e. The summed E-state index contributed by atoms with van der Waals surface area (Å²) in [5.41, 5.74) is 6.32. The number of H-pyrrole nitrogens is 1. The van der Waals surface area contributed by atoms with E-state index < -0.39 is 0 Å². The molecule has 0 radical (unpaired) electrons. The number of aromatic nitrogens is 2. The zero-order chi connectivity index (χ0) is 14.7. The number of nitrogens with one attached hydrogen (secondary N) is 2. The molecule has 0 atom stereocenters. The predicted octanol–water partition coefficient (Wildman–Crippen LogP) is 3.51. The highest BCUT2D eigenvalue weighted by Gasteiger charge is 2.08. The van der Waals surface area contributed by atoms with Gasteiger partial charge in [0.2, 0.25) is 0 Å². The Labute approximate surface area is 125 Å². The molecule has 0 amide bonds. The highest BCUT2D eigenvalue weighted by Crippen LogP contribution is 2.23. The molecular formula is C18H21N3. The highest BCUT2D eigenvalue weighted by molar-refractivity contribution is 5.85. The summed E-state index contributed by atoms with van der Waals surface area (Å²) in [4.78, 5) is 7.80. The minimum Gasteiger partial charge on any atom is -0.358 e. The molecule has 0 saturated heterocycles. The highest BCUT2D eigenvalue weighted by atomic mass is 14.9. The lowest BCUT2D eigenvalue weighted by Gasteiger charge is -2.05. The van der Waals surface area contributed by atoms with Crippen LogP contribution in [-0.4, -0.2) is 16.5 Å². The molecule has 0 aliphatic rings. The van der Waals surface area contributed by atoms with Crippen LogP contribution in [0.4, 0.5) is 0 Å². The van der Waals surface area contributed by atoms with Gasteiger partial charge < -0.3 is 10.3 Å². The maximum absolute atomic E-state index is 4.32. The molecule has 0 spiro atoms. The van der Waals surface area contributed by atoms with E-state index >= 15 is 0 Å². The number of fused-ring (bicyclic) bond motifs is 1. The van der Waals surface area contributed by atoms with Gasteiger partial charge in [-0.15, -0.1) is 0 Å². The fourth-order valence-corrected chi connectivity index (χ4v) is 2.75. The van der Waals surface area contributed by atoms with Gasteiger partial charge in [-0.05, 0) is 56.6 Å². The van der Waals surface area contributed by atoms with E-state index in [0.717, 1.165) is 25.2 Å². The van der Waals surface area contributed by atoms with Gasteiger partial charge in [0.1, 0.15) is 0 Å². The fourth-order valence-electron chi connectivity index (χ4n) is 2.75. The lowest BCUT2D eigenvalue weighted by atomic mass is 10.1. The van der Waals surface area contributed by atoms with Crippen molar-refractivity contribution in [3.8, 4) is 0 Å². The Bertz CT molecular complexity index is 729. The van der Waals surface area contributed by atoms with Crippen LogP contribution in [0.25, 0.3) is 10.9 Å². The molecule has 21 heavy (non-hydrogen) atoms. The molecular weight excluding hydrogens is 258 g/mol. The van der Waals surface area contributed by atoms with Crippen molar-refractivity contribution in [2.75, 3.05) is 6.54 Å². The van der Waals surface area contributed by atoms with Gasteiger partial charge in [-0.1, -0.05) is 17.7 Å². The molecule has 0 unspecified atom stereocenters. The summed E-state index contributed by atoms with van der Waals surface area (Å²) in [7, 11) is 0. The number of benzene rings is 1. The van der Waals surface area contributed by atoms with E-state index in [1.165, 1.54) is 27.7 Å². The van der Waals surface area contributed by atoms with Crippen molar-refractivity contribution in [3.63, 3.8) is 0 Å². The van der Waals surface area contributed by atoms with Crippen LogP contribution in [0.2, 0.25) is 0 Å². The molecule has 2 aromatic heterocycles. The Kier molecular flexibility index (Phi) is 4.02. The lowest BCUT2D eigenvalue weighted by Crippen LogP contribution is -2.17. The standard InChI is InChI=1S/C18H21N3/c1-13-6-7-18-17(11-13)16(14(2)21-18)8-10-19-12-15-5-3-4-9-20-15/h3-7,9,11,19,21H,8,10,12H2,1-2H3.